The molecule has 0 bridgehead atoms. The fourth-order valence-corrected chi connectivity index (χ4v) is 18.5. The van der Waals surface area contributed by atoms with Crippen LogP contribution in [0.4, 0.5) is 0 Å². The summed E-state index contributed by atoms with van der Waals surface area (Å²) in [5, 5.41) is 15.2. The Morgan fingerprint density at radius 1 is 0.241 bits per heavy atom. The number of benzene rings is 15. The van der Waals surface area contributed by atoms with E-state index in [1.165, 1.54) is 64.1 Å². The summed E-state index contributed by atoms with van der Waals surface area (Å²) >= 11 is 1.89. The zero-order chi connectivity index (χ0) is 76.6. The minimum absolute atomic E-state index is 0.883. The molecule has 9 aromatic heterocycles. The van der Waals surface area contributed by atoms with Crippen molar-refractivity contribution in [3.63, 3.8) is 0 Å². The second-order valence-electron chi connectivity index (χ2n) is 29.3. The first-order valence-electron chi connectivity index (χ1n) is 39.1. The molecular formula is C107H68N6O2S. The Bertz CT molecular complexity index is 7820. The van der Waals surface area contributed by atoms with Gasteiger partial charge in [0, 0.05) is 104 Å². The molecule has 116 heavy (non-hydrogen) atoms. The number of hydrogen-bond donors (Lipinski definition) is 0. The molecular weight excluding hydrogens is 1430 g/mol. The monoisotopic (exact) mass is 1500 g/mol. The first kappa shape index (κ1) is 67.6. The van der Waals surface area contributed by atoms with Crippen LogP contribution in [0.25, 0.3) is 214 Å². The van der Waals surface area contributed by atoms with E-state index in [9.17, 15) is 0 Å². The third-order valence-electron chi connectivity index (χ3n) is 22.4. The van der Waals surface area contributed by atoms with Crippen LogP contribution in [-0.2, 0) is 0 Å². The van der Waals surface area contributed by atoms with Gasteiger partial charge in [0.05, 0.1) is 55.3 Å². The molecule has 0 aliphatic heterocycles. The lowest BCUT2D eigenvalue weighted by atomic mass is 9.98. The molecule has 0 unspecified atom stereocenters. The van der Waals surface area contributed by atoms with Crippen molar-refractivity contribution in [1.29, 1.82) is 0 Å². The highest BCUT2D eigenvalue weighted by molar-refractivity contribution is 7.24. The number of pyridine rings is 3. The van der Waals surface area contributed by atoms with Gasteiger partial charge in [-0.2, -0.15) is 0 Å². The third-order valence-corrected chi connectivity index (χ3v) is 23.7. The molecule has 24 rings (SSSR count). The molecule has 0 aliphatic rings. The van der Waals surface area contributed by atoms with Gasteiger partial charge >= 0.3 is 0 Å². The van der Waals surface area contributed by atoms with Crippen molar-refractivity contribution in [1.82, 2.24) is 28.7 Å². The Kier molecular flexibility index (Phi) is 16.6. The van der Waals surface area contributed by atoms with Gasteiger partial charge in [-0.3, -0.25) is 14.1 Å². The van der Waals surface area contributed by atoms with E-state index >= 15 is 0 Å². The van der Waals surface area contributed by atoms with Crippen LogP contribution in [0.5, 0.6) is 0 Å². The Morgan fingerprint density at radius 2 is 0.681 bits per heavy atom. The molecule has 0 saturated heterocycles. The third kappa shape index (κ3) is 11.8. The highest BCUT2D eigenvalue weighted by Gasteiger charge is 2.25. The van der Waals surface area contributed by atoms with E-state index in [4.69, 9.17) is 23.8 Å². The van der Waals surface area contributed by atoms with Gasteiger partial charge in [0.15, 0.2) is 0 Å². The van der Waals surface area contributed by atoms with Crippen molar-refractivity contribution in [2.24, 2.45) is 0 Å². The summed E-state index contributed by atoms with van der Waals surface area (Å²) < 4.78 is 21.2. The maximum atomic E-state index is 6.54. The number of aromatic nitrogens is 6. The summed E-state index contributed by atoms with van der Waals surface area (Å²) in [5.41, 5.74) is 22.1. The van der Waals surface area contributed by atoms with Gasteiger partial charge in [0.1, 0.15) is 34.3 Å². The van der Waals surface area contributed by atoms with Crippen LogP contribution >= 0.6 is 11.3 Å². The second kappa shape index (κ2) is 28.5. The summed E-state index contributed by atoms with van der Waals surface area (Å²) in [6, 6.07) is 141. The normalized spacial score (nSPS) is 11.6. The molecule has 0 amide bonds. The van der Waals surface area contributed by atoms with Gasteiger partial charge in [0.25, 0.3) is 0 Å². The second-order valence-corrected chi connectivity index (χ2v) is 30.4. The first-order valence-corrected chi connectivity index (χ1v) is 39.9. The maximum Gasteiger partial charge on any atom is 0.144 e. The van der Waals surface area contributed by atoms with E-state index in [2.05, 4.69) is 366 Å². The zero-order valence-electron chi connectivity index (χ0n) is 62.7. The molecule has 0 aliphatic carbocycles. The summed E-state index contributed by atoms with van der Waals surface area (Å²) in [6.45, 7) is 0. The quantitative estimate of drug-likeness (QED) is 0.136. The van der Waals surface area contributed by atoms with Gasteiger partial charge in [-0.25, -0.2) is 9.97 Å². The number of thiophene rings is 1. The van der Waals surface area contributed by atoms with E-state index in [-0.39, 0.29) is 0 Å². The van der Waals surface area contributed by atoms with E-state index in [1.807, 2.05) is 72.3 Å². The summed E-state index contributed by atoms with van der Waals surface area (Å²) in [4.78, 5) is 16.2. The standard InChI is InChI=1S/C43H28N2S.C35H22N2O.C29H18N2O/c1-5-15-29(16-6-1)33-27-36(30-17-7-2-8-18-30)44-39(28-33)45-37-24-14-13-23-34(37)41-38(45)26-25-35-40(31-19-9-3-10-20-31)42(46-43(35)41)32-21-11-4-12-22-32;1-2-9-23(10-3-1)33-21-26-17-18-32-34(35(26)38-33)29-15-6-7-16-31(29)37(32)28-14-8-13-25(19-28)30-20-24-11-4-5-12-27(24)22-36-30;1-2-8-19(9-3-1)26-16-21-14-15-25-28(29(21)32-26)23-12-6-7-13-24(23)31(25)27-17-20-10-4-5-11-22(20)18-30-27/h1-28H;1-22H;1-18H. The van der Waals surface area contributed by atoms with Crippen LogP contribution in [0, 0.1) is 0 Å². The molecule has 15 aromatic carbocycles. The topological polar surface area (TPSA) is 79.7 Å². The fourth-order valence-electron chi connectivity index (χ4n) is 17.1. The number of fused-ring (bicyclic) bond motifs is 17. The lowest BCUT2D eigenvalue weighted by Gasteiger charge is -2.13. The molecule has 0 spiro atoms. The highest BCUT2D eigenvalue weighted by atomic mass is 32.1. The van der Waals surface area contributed by atoms with Crippen molar-refractivity contribution in [2.75, 3.05) is 0 Å². The van der Waals surface area contributed by atoms with Crippen molar-refractivity contribution in [2.45, 2.75) is 0 Å². The van der Waals surface area contributed by atoms with Gasteiger partial charge in [-0.15, -0.1) is 11.3 Å². The Labute approximate surface area is 671 Å². The molecule has 0 fully saturated rings. The smallest absolute Gasteiger partial charge is 0.144 e. The molecule has 24 aromatic rings. The maximum absolute atomic E-state index is 6.54. The van der Waals surface area contributed by atoms with Crippen LogP contribution in [0.1, 0.15) is 0 Å². The summed E-state index contributed by atoms with van der Waals surface area (Å²) in [7, 11) is 0. The highest BCUT2D eigenvalue weighted by Crippen LogP contribution is 2.50. The molecule has 0 saturated carbocycles. The zero-order valence-corrected chi connectivity index (χ0v) is 63.5. The van der Waals surface area contributed by atoms with Crippen LogP contribution in [0.15, 0.2) is 422 Å². The number of para-hydroxylation sites is 3. The molecule has 544 valence electrons. The van der Waals surface area contributed by atoms with Gasteiger partial charge in [-0.05, 0) is 130 Å². The Balaban J connectivity index is 0.000000107. The Morgan fingerprint density at radius 3 is 1.27 bits per heavy atom. The predicted molar refractivity (Wildman–Crippen MR) is 484 cm³/mol. The van der Waals surface area contributed by atoms with Crippen LogP contribution < -0.4 is 0 Å². The van der Waals surface area contributed by atoms with Crippen LogP contribution in [-0.4, -0.2) is 28.7 Å². The molecule has 9 heterocycles. The predicted octanol–water partition coefficient (Wildman–Crippen LogP) is 29.2. The number of nitrogens with zero attached hydrogens (tertiary/aromatic N) is 6. The van der Waals surface area contributed by atoms with E-state index < -0.39 is 0 Å². The minimum atomic E-state index is 0.883. The lowest BCUT2D eigenvalue weighted by molar-refractivity contribution is 0.635. The van der Waals surface area contributed by atoms with Crippen LogP contribution in [0.2, 0.25) is 0 Å². The van der Waals surface area contributed by atoms with Crippen molar-refractivity contribution >= 4 is 130 Å². The number of furan rings is 2. The summed E-state index contributed by atoms with van der Waals surface area (Å²) in [5.74, 6) is 3.58. The Hall–Kier alpha value is -15.3. The van der Waals surface area contributed by atoms with Crippen LogP contribution in [0.3, 0.4) is 0 Å². The van der Waals surface area contributed by atoms with E-state index in [0.29, 0.717) is 0 Å². The molecule has 0 atom stereocenters. The number of rotatable bonds is 10. The van der Waals surface area contributed by atoms with E-state index in [1.54, 1.807) is 0 Å². The van der Waals surface area contributed by atoms with Crippen molar-refractivity contribution < 1.29 is 8.83 Å². The first-order chi connectivity index (χ1) is 57.5. The van der Waals surface area contributed by atoms with Gasteiger partial charge in [-0.1, -0.05) is 303 Å². The van der Waals surface area contributed by atoms with Gasteiger partial charge < -0.3 is 13.4 Å². The van der Waals surface area contributed by atoms with Gasteiger partial charge in [0.2, 0.25) is 0 Å². The summed E-state index contributed by atoms with van der Waals surface area (Å²) in [6.07, 6.45) is 3.90. The van der Waals surface area contributed by atoms with E-state index in [0.717, 1.165) is 150 Å². The molecule has 9 heteroatoms. The molecule has 0 N–H and O–H groups in total. The van der Waals surface area contributed by atoms with Crippen molar-refractivity contribution in [3.05, 3.63) is 413 Å². The average molecular weight is 1500 g/mol. The molecule has 0 radical (unpaired) electrons. The number of hydrogen-bond acceptors (Lipinski definition) is 6. The largest absolute Gasteiger partial charge is 0.455 e. The SMILES string of the molecule is c1ccc(-c2cc(-c3ccccc3)nc(-n3c4ccccc4c4c5sc(-c6ccccc6)c(-c6ccccc6)c5ccc43)c2)cc1.c1ccc(-c2cc3ccc4c(c5ccccc5n4-c4cc5ccccc5cn4)c3o2)cc1.c1ccc(-c2cc3ccc4c(c5ccccc5n4-c4cccc(-c5cc6ccccc6cn5)c4)c3o2)cc1. The lowest BCUT2D eigenvalue weighted by Crippen LogP contribution is -2.00. The van der Waals surface area contributed by atoms with Crippen molar-refractivity contribution in [3.8, 4) is 95.2 Å². The molecule has 8 nitrogen and oxygen atoms in total. The fraction of sp³-hybridized carbons (Fsp3) is 0. The average Bonchev–Trinajstić information content (AvgIpc) is 1.58. The minimum Gasteiger partial charge on any atom is -0.455 e.